The third kappa shape index (κ3) is 11.0. The molecule has 0 aromatic heterocycles. The van der Waals surface area contributed by atoms with E-state index in [1.807, 2.05) is 19.2 Å². The second-order valence-corrected chi connectivity index (χ2v) is 13.6. The number of aliphatic hydroxyl groups is 1. The van der Waals surface area contributed by atoms with Crippen molar-refractivity contribution < 1.29 is 33.9 Å². The van der Waals surface area contributed by atoms with Crippen LogP contribution in [0.4, 0.5) is 0 Å². The van der Waals surface area contributed by atoms with E-state index in [1.54, 1.807) is 0 Å². The summed E-state index contributed by atoms with van der Waals surface area (Å²) in [6.07, 6.45) is 6.08. The summed E-state index contributed by atoms with van der Waals surface area (Å²) in [5.74, 6) is 3.26. The molecule has 0 spiro atoms. The van der Waals surface area contributed by atoms with Gasteiger partial charge in [0.2, 0.25) is 0 Å². The number of phenolic OH excluding ortho intramolecular Hbond substituents is 1. The quantitative estimate of drug-likeness (QED) is 0.0670. The zero-order valence-corrected chi connectivity index (χ0v) is 29.7. The van der Waals surface area contributed by atoms with Gasteiger partial charge in [0.05, 0.1) is 52.4 Å². The highest BCUT2D eigenvalue weighted by Crippen LogP contribution is 2.65. The van der Waals surface area contributed by atoms with Gasteiger partial charge in [-0.2, -0.15) is 0 Å². The van der Waals surface area contributed by atoms with Gasteiger partial charge in [0.1, 0.15) is 18.1 Å². The SMILES string of the molecule is CCCOCCOCCOCCOCCN=[N+]=[N-].CNCCOc1ccc([C@H]2C[C@@]3(C)C(CC[C@@H]3O)C3CCc4cc(O)ccc4C32)cc1. The lowest BCUT2D eigenvalue weighted by atomic mass is 9.51. The average Bonchev–Trinajstić information content (AvgIpc) is 3.42. The van der Waals surface area contributed by atoms with Gasteiger partial charge in [-0.3, -0.25) is 0 Å². The highest BCUT2D eigenvalue weighted by molar-refractivity contribution is 5.43. The van der Waals surface area contributed by atoms with Gasteiger partial charge in [-0.1, -0.05) is 37.2 Å². The van der Waals surface area contributed by atoms with Crippen LogP contribution in [0, 0.1) is 17.3 Å². The Labute approximate surface area is 292 Å². The second kappa shape index (κ2) is 20.7. The number of aromatic hydroxyl groups is 1. The molecule has 0 saturated heterocycles. The highest BCUT2D eigenvalue weighted by Gasteiger charge is 2.57. The van der Waals surface area contributed by atoms with Gasteiger partial charge in [-0.15, -0.1) is 0 Å². The zero-order valence-electron chi connectivity index (χ0n) is 29.7. The minimum atomic E-state index is -0.202. The number of rotatable bonds is 19. The van der Waals surface area contributed by atoms with Crippen LogP contribution in [0.15, 0.2) is 47.6 Å². The van der Waals surface area contributed by atoms with E-state index in [0.29, 0.717) is 88.8 Å². The summed E-state index contributed by atoms with van der Waals surface area (Å²) in [5, 5.41) is 27.5. The molecule has 3 aliphatic carbocycles. The van der Waals surface area contributed by atoms with Crippen LogP contribution in [0.3, 0.4) is 0 Å². The molecular formula is C38H58N4O7. The number of nitrogens with one attached hydrogen (secondary N) is 1. The first kappa shape index (κ1) is 38.9. The Morgan fingerprint density at radius 3 is 2.22 bits per heavy atom. The first-order valence-corrected chi connectivity index (χ1v) is 18.1. The number of ether oxygens (including phenoxy) is 5. The van der Waals surface area contributed by atoms with Crippen molar-refractivity contribution in [1.29, 1.82) is 0 Å². The maximum absolute atomic E-state index is 11.0. The molecule has 2 saturated carbocycles. The maximum Gasteiger partial charge on any atom is 0.119 e. The minimum Gasteiger partial charge on any atom is -0.508 e. The number of azide groups is 1. The molecule has 11 heteroatoms. The molecule has 49 heavy (non-hydrogen) atoms. The molecule has 5 rings (SSSR count). The van der Waals surface area contributed by atoms with E-state index in [4.69, 9.17) is 29.2 Å². The molecule has 2 aromatic rings. The Morgan fingerprint density at radius 1 is 0.898 bits per heavy atom. The molecule has 0 heterocycles. The molecule has 3 aliphatic rings. The van der Waals surface area contributed by atoms with Gasteiger partial charge in [0.15, 0.2) is 0 Å². The van der Waals surface area contributed by atoms with Crippen molar-refractivity contribution in [3.63, 3.8) is 0 Å². The van der Waals surface area contributed by atoms with Gasteiger partial charge in [-0.05, 0) is 121 Å². The maximum atomic E-state index is 11.0. The number of aryl methyl sites for hydroxylation is 1. The molecule has 2 aromatic carbocycles. The molecule has 11 nitrogen and oxygen atoms in total. The average molecular weight is 683 g/mol. The van der Waals surface area contributed by atoms with Crippen LogP contribution < -0.4 is 10.1 Å². The normalized spacial score (nSPS) is 25.3. The van der Waals surface area contributed by atoms with Gasteiger partial charge < -0.3 is 39.2 Å². The number of hydrogen-bond acceptors (Lipinski definition) is 9. The van der Waals surface area contributed by atoms with Crippen LogP contribution in [-0.4, -0.2) is 95.9 Å². The van der Waals surface area contributed by atoms with Crippen LogP contribution in [0.2, 0.25) is 0 Å². The fourth-order valence-corrected chi connectivity index (χ4v) is 8.13. The third-order valence-corrected chi connectivity index (χ3v) is 10.5. The predicted molar refractivity (Wildman–Crippen MR) is 190 cm³/mol. The van der Waals surface area contributed by atoms with Crippen molar-refractivity contribution in [2.75, 3.05) is 79.6 Å². The molecule has 3 unspecified atom stereocenters. The lowest BCUT2D eigenvalue weighted by Crippen LogP contribution is -2.47. The number of hydrogen-bond donors (Lipinski definition) is 3. The van der Waals surface area contributed by atoms with Crippen LogP contribution in [0.5, 0.6) is 11.5 Å². The molecule has 0 amide bonds. The largest absolute Gasteiger partial charge is 0.508 e. The monoisotopic (exact) mass is 682 g/mol. The summed E-state index contributed by atoms with van der Waals surface area (Å²) in [6, 6.07) is 14.6. The Bertz CT molecular complexity index is 1290. The van der Waals surface area contributed by atoms with E-state index in [0.717, 1.165) is 57.4 Å². The number of phenols is 1. The summed E-state index contributed by atoms with van der Waals surface area (Å²) in [5.41, 5.74) is 12.1. The number of nitrogens with zero attached hydrogens (tertiary/aromatic N) is 3. The molecular weight excluding hydrogens is 624 g/mol. The molecule has 0 radical (unpaired) electrons. The molecule has 2 fully saturated rings. The van der Waals surface area contributed by atoms with Crippen LogP contribution in [0.1, 0.15) is 74.5 Å². The smallest absolute Gasteiger partial charge is 0.119 e. The van der Waals surface area contributed by atoms with Crippen LogP contribution in [0.25, 0.3) is 10.4 Å². The fourth-order valence-electron chi connectivity index (χ4n) is 8.13. The first-order chi connectivity index (χ1) is 23.9. The van der Waals surface area contributed by atoms with Crippen molar-refractivity contribution in [2.24, 2.45) is 22.4 Å². The van der Waals surface area contributed by atoms with E-state index in [9.17, 15) is 10.2 Å². The summed E-state index contributed by atoms with van der Waals surface area (Å²) >= 11 is 0. The second-order valence-electron chi connectivity index (χ2n) is 13.6. The van der Waals surface area contributed by atoms with E-state index in [1.165, 1.54) is 16.7 Å². The Kier molecular flexibility index (Phi) is 16.4. The van der Waals surface area contributed by atoms with E-state index < -0.39 is 0 Å². The molecule has 6 atom stereocenters. The van der Waals surface area contributed by atoms with Gasteiger partial charge >= 0.3 is 0 Å². The fraction of sp³-hybridized carbons (Fsp3) is 0.684. The minimum absolute atomic E-state index is 0.0117. The highest BCUT2D eigenvalue weighted by atomic mass is 16.6. The lowest BCUT2D eigenvalue weighted by Gasteiger charge is -2.54. The number of aliphatic hydroxyl groups excluding tert-OH is 1. The number of fused-ring (bicyclic) bond motifs is 5. The van der Waals surface area contributed by atoms with Crippen LogP contribution in [-0.2, 0) is 25.4 Å². The van der Waals surface area contributed by atoms with Gasteiger partial charge in [0.25, 0.3) is 0 Å². The number of benzene rings is 2. The number of likely N-dealkylation sites (N-methyl/N-ethyl adjacent to an activating group) is 1. The van der Waals surface area contributed by atoms with Gasteiger partial charge in [0, 0.05) is 24.6 Å². The van der Waals surface area contributed by atoms with E-state index in [2.05, 4.69) is 59.5 Å². The van der Waals surface area contributed by atoms with E-state index >= 15 is 0 Å². The Morgan fingerprint density at radius 2 is 1.57 bits per heavy atom. The predicted octanol–water partition coefficient (Wildman–Crippen LogP) is 6.37. The summed E-state index contributed by atoms with van der Waals surface area (Å²) < 4.78 is 26.8. The van der Waals surface area contributed by atoms with Crippen molar-refractivity contribution in [2.45, 2.75) is 70.3 Å². The third-order valence-electron chi connectivity index (χ3n) is 10.5. The molecule has 3 N–H and O–H groups in total. The summed E-state index contributed by atoms with van der Waals surface area (Å²) in [4.78, 5) is 2.62. The zero-order chi connectivity index (χ0) is 34.9. The van der Waals surface area contributed by atoms with E-state index in [-0.39, 0.29) is 11.5 Å². The first-order valence-electron chi connectivity index (χ1n) is 18.1. The lowest BCUT2D eigenvalue weighted by molar-refractivity contribution is -0.0323. The van der Waals surface area contributed by atoms with Crippen molar-refractivity contribution in [1.82, 2.24) is 5.32 Å². The molecule has 0 aliphatic heterocycles. The van der Waals surface area contributed by atoms with Crippen molar-refractivity contribution in [3.8, 4) is 11.5 Å². The Hall–Kier alpha value is -2.89. The topological polar surface area (TPSA) is 147 Å². The van der Waals surface area contributed by atoms with Gasteiger partial charge in [-0.25, -0.2) is 0 Å². The molecule has 272 valence electrons. The van der Waals surface area contributed by atoms with Crippen molar-refractivity contribution >= 4 is 0 Å². The summed E-state index contributed by atoms with van der Waals surface area (Å²) in [7, 11) is 1.93. The molecule has 0 bridgehead atoms. The standard InChI is InChI=1S/C27H35NO3.C11H23N3O4/c1-27-16-23(17-3-7-20(8-4-17)31-14-13-28-2)26-21-10-6-19(29)15-18(21)5-9-22(26)24(27)11-12-25(27)30;1-2-4-15-6-8-17-10-11-18-9-7-16-5-3-13-14-12/h3-4,6-8,10,15,22-26,28-30H,5,9,11-14,16H2,1-2H3;2-11H2,1H3/t22?,23-,24?,25+,26?,27+;/m1./s1. The Balaban J connectivity index is 0.000000259. The summed E-state index contributed by atoms with van der Waals surface area (Å²) in [6.45, 7) is 10.8. The van der Waals surface area contributed by atoms with Crippen molar-refractivity contribution in [3.05, 3.63) is 69.6 Å². The van der Waals surface area contributed by atoms with Crippen LogP contribution >= 0.6 is 0 Å².